The van der Waals surface area contributed by atoms with Gasteiger partial charge in [0, 0.05) is 25.3 Å². The fraction of sp³-hybridized carbons (Fsp3) is 0.538. The lowest BCUT2D eigenvalue weighted by atomic mass is 10.00. The normalized spacial score (nSPS) is 27.9. The summed E-state index contributed by atoms with van der Waals surface area (Å²) in [4.78, 5) is 17.9. The first-order valence-corrected chi connectivity index (χ1v) is 6.98. The third kappa shape index (κ3) is 2.85. The minimum Gasteiger partial charge on any atom is -0.346 e. The van der Waals surface area contributed by atoms with Gasteiger partial charge in [-0.1, -0.05) is 11.6 Å². The van der Waals surface area contributed by atoms with Crippen molar-refractivity contribution >= 4 is 17.5 Å². The van der Waals surface area contributed by atoms with E-state index in [0.717, 1.165) is 32.1 Å². The number of pyridine rings is 1. The zero-order chi connectivity index (χ0) is 15.2. The van der Waals surface area contributed by atoms with E-state index in [1.165, 1.54) is 0 Å². The van der Waals surface area contributed by atoms with Crippen molar-refractivity contribution in [3.8, 4) is 0 Å². The SMILES string of the molecule is O=C(NC1CN2CC[C@H]1C2)c1cc(Cl)c(C(F)(F)F)cn1. The minimum atomic E-state index is -4.57. The monoisotopic (exact) mass is 319 g/mol. The molecule has 3 heterocycles. The molecule has 3 rings (SSSR count). The number of nitrogens with zero attached hydrogens (tertiary/aromatic N) is 2. The van der Waals surface area contributed by atoms with Crippen LogP contribution in [0.25, 0.3) is 0 Å². The highest BCUT2D eigenvalue weighted by Crippen LogP contribution is 2.34. The van der Waals surface area contributed by atoms with E-state index in [4.69, 9.17) is 11.6 Å². The average Bonchev–Trinajstić information content (AvgIpc) is 2.99. The van der Waals surface area contributed by atoms with Crippen LogP contribution in [0.1, 0.15) is 22.5 Å². The van der Waals surface area contributed by atoms with Crippen molar-refractivity contribution in [1.29, 1.82) is 0 Å². The largest absolute Gasteiger partial charge is 0.419 e. The molecule has 0 radical (unpaired) electrons. The summed E-state index contributed by atoms with van der Waals surface area (Å²) >= 11 is 5.59. The fourth-order valence-corrected chi connectivity index (χ4v) is 3.21. The summed E-state index contributed by atoms with van der Waals surface area (Å²) in [5.74, 6) is -0.0664. The maximum absolute atomic E-state index is 12.6. The zero-order valence-corrected chi connectivity index (χ0v) is 11.7. The van der Waals surface area contributed by atoms with Crippen LogP contribution in [-0.2, 0) is 6.18 Å². The van der Waals surface area contributed by atoms with Crippen LogP contribution in [0.2, 0.25) is 5.02 Å². The van der Waals surface area contributed by atoms with Crippen LogP contribution in [-0.4, -0.2) is 41.5 Å². The van der Waals surface area contributed by atoms with Crippen LogP contribution in [0.3, 0.4) is 0 Å². The molecule has 114 valence electrons. The molecule has 1 aromatic heterocycles. The Hall–Kier alpha value is -1.34. The predicted molar refractivity (Wildman–Crippen MR) is 70.1 cm³/mol. The van der Waals surface area contributed by atoms with Crippen LogP contribution < -0.4 is 5.32 Å². The van der Waals surface area contributed by atoms with Gasteiger partial charge in [0.1, 0.15) is 5.69 Å². The van der Waals surface area contributed by atoms with Gasteiger partial charge in [0.05, 0.1) is 10.6 Å². The van der Waals surface area contributed by atoms with Crippen molar-refractivity contribution < 1.29 is 18.0 Å². The van der Waals surface area contributed by atoms with Gasteiger partial charge < -0.3 is 10.2 Å². The molecule has 0 aromatic carbocycles. The van der Waals surface area contributed by atoms with Crippen LogP contribution in [0, 0.1) is 5.92 Å². The van der Waals surface area contributed by atoms with Crippen molar-refractivity contribution in [3.63, 3.8) is 0 Å². The molecule has 0 saturated carbocycles. The molecule has 1 amide bonds. The van der Waals surface area contributed by atoms with Gasteiger partial charge in [-0.15, -0.1) is 0 Å². The first kappa shape index (κ1) is 14.6. The van der Waals surface area contributed by atoms with E-state index in [9.17, 15) is 18.0 Å². The molecule has 2 unspecified atom stereocenters. The van der Waals surface area contributed by atoms with Crippen LogP contribution in [0.5, 0.6) is 0 Å². The van der Waals surface area contributed by atoms with E-state index in [1.54, 1.807) is 0 Å². The molecule has 2 aliphatic rings. The highest BCUT2D eigenvalue weighted by atomic mass is 35.5. The van der Waals surface area contributed by atoms with Crippen LogP contribution in [0.4, 0.5) is 13.2 Å². The van der Waals surface area contributed by atoms with Gasteiger partial charge in [-0.25, -0.2) is 0 Å². The molecule has 2 aliphatic heterocycles. The smallest absolute Gasteiger partial charge is 0.346 e. The van der Waals surface area contributed by atoms with Crippen molar-refractivity contribution in [2.75, 3.05) is 19.6 Å². The Labute approximate surface area is 124 Å². The number of aromatic nitrogens is 1. The maximum Gasteiger partial charge on any atom is 0.419 e. The number of alkyl halides is 3. The standard InChI is InChI=1S/C13H13ClF3N3O/c14-9-3-10(18-4-8(9)13(15,16)17)12(21)19-11-6-20-2-1-7(11)5-20/h3-4,7,11H,1-2,5-6H2,(H,19,21)/t7-,11?/m0/s1. The molecule has 4 nitrogen and oxygen atoms in total. The molecule has 0 aliphatic carbocycles. The first-order valence-electron chi connectivity index (χ1n) is 6.60. The molecular weight excluding hydrogens is 307 g/mol. The van der Waals surface area contributed by atoms with Gasteiger partial charge in [-0.05, 0) is 24.9 Å². The predicted octanol–water partition coefficient (Wildman–Crippen LogP) is 2.19. The summed E-state index contributed by atoms with van der Waals surface area (Å²) in [5, 5.41) is 2.31. The van der Waals surface area contributed by atoms with Gasteiger partial charge in [0.25, 0.3) is 5.91 Å². The highest BCUT2D eigenvalue weighted by Gasteiger charge is 2.39. The van der Waals surface area contributed by atoms with Crippen molar-refractivity contribution in [3.05, 3.63) is 28.5 Å². The number of carbonyl (C=O) groups excluding carboxylic acids is 1. The summed E-state index contributed by atoms with van der Waals surface area (Å²) in [7, 11) is 0. The lowest BCUT2D eigenvalue weighted by molar-refractivity contribution is -0.137. The minimum absolute atomic E-state index is 0.0362. The quantitative estimate of drug-likeness (QED) is 0.909. The van der Waals surface area contributed by atoms with Crippen molar-refractivity contribution in [2.24, 2.45) is 5.92 Å². The number of piperidine rings is 1. The van der Waals surface area contributed by atoms with E-state index in [1.807, 2.05) is 0 Å². The van der Waals surface area contributed by atoms with Crippen LogP contribution >= 0.6 is 11.6 Å². The molecule has 21 heavy (non-hydrogen) atoms. The van der Waals surface area contributed by atoms with Crippen LogP contribution in [0.15, 0.2) is 12.3 Å². The molecule has 2 saturated heterocycles. The molecule has 8 heteroatoms. The number of nitrogens with one attached hydrogen (secondary N) is 1. The summed E-state index contributed by atoms with van der Waals surface area (Å²) in [5.41, 5.74) is -1.13. The summed E-state index contributed by atoms with van der Waals surface area (Å²) < 4.78 is 37.7. The zero-order valence-electron chi connectivity index (χ0n) is 11.0. The van der Waals surface area contributed by atoms with Crippen molar-refractivity contribution in [1.82, 2.24) is 15.2 Å². The Morgan fingerprint density at radius 3 is 2.71 bits per heavy atom. The van der Waals surface area contributed by atoms with Gasteiger partial charge in [-0.2, -0.15) is 13.2 Å². The number of rotatable bonds is 2. The van der Waals surface area contributed by atoms with Gasteiger partial charge in [0.2, 0.25) is 0 Å². The third-order valence-corrected chi connectivity index (χ3v) is 4.35. The Morgan fingerprint density at radius 2 is 2.19 bits per heavy atom. The number of hydrogen-bond acceptors (Lipinski definition) is 3. The van der Waals surface area contributed by atoms with Gasteiger partial charge >= 0.3 is 6.18 Å². The Balaban J connectivity index is 1.72. The molecule has 0 spiro atoms. The molecule has 1 aromatic rings. The van der Waals surface area contributed by atoms with E-state index < -0.39 is 22.7 Å². The Morgan fingerprint density at radius 1 is 1.43 bits per heavy atom. The molecule has 1 N–H and O–H groups in total. The second-order valence-corrected chi connectivity index (χ2v) is 5.84. The lowest BCUT2D eigenvalue weighted by Crippen LogP contribution is -2.43. The van der Waals surface area contributed by atoms with Gasteiger partial charge in [0.15, 0.2) is 0 Å². The second kappa shape index (κ2) is 5.14. The average molecular weight is 320 g/mol. The Bertz CT molecular complexity index is 578. The second-order valence-electron chi connectivity index (χ2n) is 5.44. The lowest BCUT2D eigenvalue weighted by Gasteiger charge is -2.23. The maximum atomic E-state index is 12.6. The molecular formula is C13H13ClF3N3O. The number of hydrogen-bond donors (Lipinski definition) is 1. The summed E-state index contributed by atoms with van der Waals surface area (Å²) in [6.45, 7) is 2.79. The van der Waals surface area contributed by atoms with E-state index >= 15 is 0 Å². The van der Waals surface area contributed by atoms with E-state index in [0.29, 0.717) is 12.1 Å². The van der Waals surface area contributed by atoms with E-state index in [2.05, 4.69) is 15.2 Å². The highest BCUT2D eigenvalue weighted by molar-refractivity contribution is 6.31. The third-order valence-electron chi connectivity index (χ3n) is 4.04. The summed E-state index contributed by atoms with van der Waals surface area (Å²) in [6, 6.07) is 1.00. The molecule has 3 atom stereocenters. The first-order chi connectivity index (χ1) is 9.84. The number of halogens is 4. The fourth-order valence-electron chi connectivity index (χ4n) is 2.95. The summed E-state index contributed by atoms with van der Waals surface area (Å²) in [6.07, 6.45) is -2.94. The Kier molecular flexibility index (Phi) is 3.57. The number of fused-ring (bicyclic) bond motifs is 2. The molecule has 2 bridgehead atoms. The topological polar surface area (TPSA) is 45.2 Å². The number of amides is 1. The molecule has 2 fully saturated rings. The van der Waals surface area contributed by atoms with Crippen molar-refractivity contribution in [2.45, 2.75) is 18.6 Å². The van der Waals surface area contributed by atoms with Gasteiger partial charge in [-0.3, -0.25) is 9.78 Å². The van der Waals surface area contributed by atoms with E-state index in [-0.39, 0.29) is 11.7 Å². The number of carbonyl (C=O) groups is 1.